The molecule has 0 saturated carbocycles. The molecule has 138 valence electrons. The fourth-order valence-corrected chi connectivity index (χ4v) is 3.68. The molecule has 6 heteroatoms. The van der Waals surface area contributed by atoms with Crippen molar-refractivity contribution < 1.29 is 9.53 Å². The van der Waals surface area contributed by atoms with Gasteiger partial charge in [0, 0.05) is 18.0 Å². The summed E-state index contributed by atoms with van der Waals surface area (Å²) in [4.78, 5) is 16.6. The summed E-state index contributed by atoms with van der Waals surface area (Å²) in [6.07, 6.45) is 6.37. The van der Waals surface area contributed by atoms with E-state index in [1.165, 1.54) is 17.5 Å². The van der Waals surface area contributed by atoms with Crippen molar-refractivity contribution >= 4 is 5.91 Å². The lowest BCUT2D eigenvalue weighted by atomic mass is 9.82. The second-order valence-electron chi connectivity index (χ2n) is 6.75. The quantitative estimate of drug-likeness (QED) is 0.757. The van der Waals surface area contributed by atoms with Crippen LogP contribution < -0.4 is 10.1 Å². The summed E-state index contributed by atoms with van der Waals surface area (Å²) in [6, 6.07) is 13.6. The van der Waals surface area contributed by atoms with E-state index >= 15 is 0 Å². The standard InChI is InChI=1S/C21H22N4O2/c1-27-19-8-9-20-15(11-19)4-2-6-17(20)12-23-21(26)16-5-3-7-18(10-16)25-14-22-13-24-25/h3,5,7-11,13-14,17H,2,4,6,12H2,1H3,(H,23,26). The second-order valence-corrected chi connectivity index (χ2v) is 6.75. The van der Waals surface area contributed by atoms with E-state index in [0.717, 1.165) is 30.7 Å². The summed E-state index contributed by atoms with van der Waals surface area (Å²) in [5.74, 6) is 1.16. The van der Waals surface area contributed by atoms with Crippen molar-refractivity contribution in [3.05, 3.63) is 71.8 Å². The number of carbonyl (C=O) groups is 1. The number of rotatable bonds is 5. The van der Waals surface area contributed by atoms with Gasteiger partial charge in [-0.05, 0) is 60.7 Å². The SMILES string of the molecule is COc1ccc2c(c1)CCCC2CNC(=O)c1cccc(-n2cncn2)c1. The van der Waals surface area contributed by atoms with Crippen molar-refractivity contribution in [3.8, 4) is 11.4 Å². The highest BCUT2D eigenvalue weighted by Gasteiger charge is 2.21. The molecule has 27 heavy (non-hydrogen) atoms. The van der Waals surface area contributed by atoms with Gasteiger partial charge in [0.1, 0.15) is 18.4 Å². The Morgan fingerprint density at radius 2 is 2.22 bits per heavy atom. The number of aromatic nitrogens is 3. The molecule has 3 aromatic rings. The molecule has 1 aliphatic carbocycles. The monoisotopic (exact) mass is 362 g/mol. The van der Waals surface area contributed by atoms with Gasteiger partial charge in [-0.25, -0.2) is 9.67 Å². The second kappa shape index (κ2) is 7.61. The summed E-state index contributed by atoms with van der Waals surface area (Å²) in [7, 11) is 1.69. The minimum absolute atomic E-state index is 0.0717. The van der Waals surface area contributed by atoms with Crippen LogP contribution >= 0.6 is 0 Å². The zero-order valence-corrected chi connectivity index (χ0v) is 15.3. The average Bonchev–Trinajstić information content (AvgIpc) is 3.26. The van der Waals surface area contributed by atoms with Crippen LogP contribution in [0, 0.1) is 0 Å². The lowest BCUT2D eigenvalue weighted by molar-refractivity contribution is 0.0950. The number of hydrogen-bond acceptors (Lipinski definition) is 4. The van der Waals surface area contributed by atoms with Gasteiger partial charge in [0.05, 0.1) is 12.8 Å². The van der Waals surface area contributed by atoms with Crippen LogP contribution in [0.2, 0.25) is 0 Å². The molecule has 0 aliphatic heterocycles. The number of ether oxygens (including phenoxy) is 1. The molecule has 1 atom stereocenters. The fourth-order valence-electron chi connectivity index (χ4n) is 3.68. The summed E-state index contributed by atoms with van der Waals surface area (Å²) < 4.78 is 6.97. The third kappa shape index (κ3) is 3.69. The van der Waals surface area contributed by atoms with Crippen molar-refractivity contribution in [3.63, 3.8) is 0 Å². The van der Waals surface area contributed by atoms with Crippen LogP contribution in [0.5, 0.6) is 5.75 Å². The highest BCUT2D eigenvalue weighted by Crippen LogP contribution is 2.33. The maximum Gasteiger partial charge on any atom is 0.251 e. The lowest BCUT2D eigenvalue weighted by Gasteiger charge is -2.26. The van der Waals surface area contributed by atoms with Crippen molar-refractivity contribution in [2.45, 2.75) is 25.2 Å². The highest BCUT2D eigenvalue weighted by atomic mass is 16.5. The van der Waals surface area contributed by atoms with E-state index in [-0.39, 0.29) is 5.91 Å². The van der Waals surface area contributed by atoms with Gasteiger partial charge in [0.2, 0.25) is 0 Å². The normalized spacial score (nSPS) is 15.8. The summed E-state index contributed by atoms with van der Waals surface area (Å²) in [5.41, 5.74) is 4.08. The number of carbonyl (C=O) groups excluding carboxylic acids is 1. The van der Waals surface area contributed by atoms with Crippen LogP contribution in [-0.2, 0) is 6.42 Å². The van der Waals surface area contributed by atoms with E-state index in [9.17, 15) is 4.79 Å². The molecule has 6 nitrogen and oxygen atoms in total. The van der Waals surface area contributed by atoms with Gasteiger partial charge in [0.25, 0.3) is 5.91 Å². The third-order valence-electron chi connectivity index (χ3n) is 5.09. The molecule has 0 bridgehead atoms. The minimum atomic E-state index is -0.0717. The molecule has 0 spiro atoms. The van der Waals surface area contributed by atoms with Crippen molar-refractivity contribution in [1.82, 2.24) is 20.1 Å². The average molecular weight is 362 g/mol. The predicted octanol–water partition coefficient (Wildman–Crippen LogP) is 3.13. The Hall–Kier alpha value is -3.15. The minimum Gasteiger partial charge on any atom is -0.497 e. The van der Waals surface area contributed by atoms with Crippen LogP contribution in [0.25, 0.3) is 5.69 Å². The van der Waals surface area contributed by atoms with Crippen LogP contribution in [0.15, 0.2) is 55.1 Å². The molecular weight excluding hydrogens is 340 g/mol. The summed E-state index contributed by atoms with van der Waals surface area (Å²) in [5, 5.41) is 7.20. The molecule has 0 radical (unpaired) electrons. The van der Waals surface area contributed by atoms with Crippen molar-refractivity contribution in [1.29, 1.82) is 0 Å². The van der Waals surface area contributed by atoms with Gasteiger partial charge < -0.3 is 10.1 Å². The molecule has 0 fully saturated rings. The van der Waals surface area contributed by atoms with E-state index in [1.54, 1.807) is 18.1 Å². The molecule has 2 aromatic carbocycles. The third-order valence-corrected chi connectivity index (χ3v) is 5.09. The number of nitrogens with zero attached hydrogens (tertiary/aromatic N) is 3. The van der Waals surface area contributed by atoms with Gasteiger partial charge >= 0.3 is 0 Å². The topological polar surface area (TPSA) is 69.0 Å². The Balaban J connectivity index is 1.45. The molecule has 1 aromatic heterocycles. The van der Waals surface area contributed by atoms with Gasteiger partial charge in [-0.3, -0.25) is 4.79 Å². The first-order valence-electron chi connectivity index (χ1n) is 9.14. The largest absolute Gasteiger partial charge is 0.497 e. The Bertz CT molecular complexity index is 937. The van der Waals surface area contributed by atoms with E-state index < -0.39 is 0 Å². The van der Waals surface area contributed by atoms with Gasteiger partial charge in [0.15, 0.2) is 0 Å². The number of fused-ring (bicyclic) bond motifs is 1. The number of benzene rings is 2. The van der Waals surface area contributed by atoms with E-state index in [1.807, 2.05) is 30.3 Å². The zero-order valence-electron chi connectivity index (χ0n) is 15.3. The van der Waals surface area contributed by atoms with Gasteiger partial charge in [-0.15, -0.1) is 0 Å². The Labute approximate surface area is 158 Å². The predicted molar refractivity (Wildman–Crippen MR) is 102 cm³/mol. The van der Waals surface area contributed by atoms with E-state index in [4.69, 9.17) is 4.74 Å². The first kappa shape index (κ1) is 17.3. The molecule has 1 amide bonds. The number of methoxy groups -OCH3 is 1. The molecular formula is C21H22N4O2. The van der Waals surface area contributed by atoms with Gasteiger partial charge in [-0.2, -0.15) is 5.10 Å². The fraction of sp³-hybridized carbons (Fsp3) is 0.286. The maximum absolute atomic E-state index is 12.6. The first-order chi connectivity index (χ1) is 13.2. The van der Waals surface area contributed by atoms with Crippen LogP contribution in [-0.4, -0.2) is 34.3 Å². The summed E-state index contributed by atoms with van der Waals surface area (Å²) >= 11 is 0. The Morgan fingerprint density at radius 3 is 3.04 bits per heavy atom. The van der Waals surface area contributed by atoms with Crippen LogP contribution in [0.3, 0.4) is 0 Å². The maximum atomic E-state index is 12.6. The van der Waals surface area contributed by atoms with Crippen LogP contribution in [0.4, 0.5) is 0 Å². The van der Waals surface area contributed by atoms with Crippen LogP contribution in [0.1, 0.15) is 40.2 Å². The molecule has 0 saturated heterocycles. The van der Waals surface area contributed by atoms with Gasteiger partial charge in [-0.1, -0.05) is 12.1 Å². The number of amides is 1. The zero-order chi connectivity index (χ0) is 18.6. The molecule has 4 rings (SSSR count). The van der Waals surface area contributed by atoms with Crippen molar-refractivity contribution in [2.75, 3.05) is 13.7 Å². The first-order valence-corrected chi connectivity index (χ1v) is 9.14. The Morgan fingerprint density at radius 1 is 1.30 bits per heavy atom. The number of aryl methyl sites for hydroxylation is 1. The lowest BCUT2D eigenvalue weighted by Crippen LogP contribution is -2.30. The van der Waals surface area contributed by atoms with E-state index in [0.29, 0.717) is 18.0 Å². The molecule has 1 heterocycles. The molecule has 1 N–H and O–H groups in total. The molecule has 1 aliphatic rings. The number of hydrogen-bond donors (Lipinski definition) is 1. The Kier molecular flexibility index (Phi) is 4.87. The number of nitrogens with one attached hydrogen (secondary N) is 1. The molecule has 1 unspecified atom stereocenters. The van der Waals surface area contributed by atoms with E-state index in [2.05, 4.69) is 27.5 Å². The summed E-state index contributed by atoms with van der Waals surface area (Å²) in [6.45, 7) is 0.631. The van der Waals surface area contributed by atoms with Crippen molar-refractivity contribution in [2.24, 2.45) is 0 Å². The highest BCUT2D eigenvalue weighted by molar-refractivity contribution is 5.94. The smallest absolute Gasteiger partial charge is 0.251 e.